The molecule has 0 saturated carbocycles. The summed E-state index contributed by atoms with van der Waals surface area (Å²) >= 11 is 0. The van der Waals surface area contributed by atoms with E-state index in [0.717, 1.165) is 24.3 Å². The van der Waals surface area contributed by atoms with Crippen molar-refractivity contribution >= 4 is 21.8 Å². The Morgan fingerprint density at radius 1 is 0.864 bits per heavy atom. The van der Waals surface area contributed by atoms with Crippen LogP contribution in [-0.2, 0) is 13.0 Å². The van der Waals surface area contributed by atoms with Crippen LogP contribution in [0.25, 0.3) is 21.8 Å². The molecule has 0 unspecified atom stereocenters. The molecule has 0 aliphatic heterocycles. The van der Waals surface area contributed by atoms with Gasteiger partial charge in [-0.2, -0.15) is 0 Å². The summed E-state index contributed by atoms with van der Waals surface area (Å²) in [6.45, 7) is 3.03. The number of para-hydroxylation sites is 2. The second-order valence-corrected chi connectivity index (χ2v) is 5.64. The minimum absolute atomic E-state index is 0.870. The van der Waals surface area contributed by atoms with Gasteiger partial charge >= 0.3 is 0 Å². The molecule has 0 spiro atoms. The van der Waals surface area contributed by atoms with E-state index in [4.69, 9.17) is 4.98 Å². The highest BCUT2D eigenvalue weighted by atomic mass is 15.1. The summed E-state index contributed by atoms with van der Waals surface area (Å²) in [7, 11) is 0. The van der Waals surface area contributed by atoms with Crippen molar-refractivity contribution in [1.29, 1.82) is 0 Å². The lowest BCUT2D eigenvalue weighted by Crippen LogP contribution is -2.04. The molecule has 0 N–H and O–H groups in total. The first kappa shape index (κ1) is 13.1. The number of aryl methyl sites for hydroxylation is 1. The van der Waals surface area contributed by atoms with Crippen molar-refractivity contribution in [3.05, 3.63) is 78.1 Å². The van der Waals surface area contributed by atoms with Crippen molar-refractivity contribution in [3.63, 3.8) is 0 Å². The third-order valence-corrected chi connectivity index (χ3v) is 4.20. The zero-order valence-corrected chi connectivity index (χ0v) is 12.7. The first-order chi connectivity index (χ1) is 10.8. The summed E-state index contributed by atoms with van der Waals surface area (Å²) < 4.78 is 2.33. The SMILES string of the molecule is CCc1nc2ccccc2n1Cc1ccc2ccccc2c1. The number of fused-ring (bicyclic) bond motifs is 2. The maximum Gasteiger partial charge on any atom is 0.109 e. The van der Waals surface area contributed by atoms with Crippen molar-refractivity contribution in [1.82, 2.24) is 9.55 Å². The molecule has 22 heavy (non-hydrogen) atoms. The van der Waals surface area contributed by atoms with Crippen LogP contribution in [0.2, 0.25) is 0 Å². The summed E-state index contributed by atoms with van der Waals surface area (Å²) in [5.74, 6) is 1.15. The van der Waals surface area contributed by atoms with Crippen molar-refractivity contribution in [2.45, 2.75) is 19.9 Å². The third kappa shape index (κ3) is 2.17. The Labute approximate surface area is 130 Å². The molecule has 2 heteroatoms. The number of rotatable bonds is 3. The van der Waals surface area contributed by atoms with Gasteiger partial charge in [-0.1, -0.05) is 55.5 Å². The van der Waals surface area contributed by atoms with E-state index in [2.05, 4.69) is 78.2 Å². The van der Waals surface area contributed by atoms with Crippen LogP contribution in [0.1, 0.15) is 18.3 Å². The number of benzene rings is 3. The quantitative estimate of drug-likeness (QED) is 0.529. The predicted octanol–water partition coefficient (Wildman–Crippen LogP) is 4.80. The van der Waals surface area contributed by atoms with E-state index in [1.54, 1.807) is 0 Å². The highest BCUT2D eigenvalue weighted by Gasteiger charge is 2.09. The van der Waals surface area contributed by atoms with Gasteiger partial charge in [-0.3, -0.25) is 0 Å². The van der Waals surface area contributed by atoms with Gasteiger partial charge in [0.05, 0.1) is 11.0 Å². The topological polar surface area (TPSA) is 17.8 Å². The van der Waals surface area contributed by atoms with E-state index < -0.39 is 0 Å². The largest absolute Gasteiger partial charge is 0.323 e. The Morgan fingerprint density at radius 2 is 1.64 bits per heavy atom. The number of nitrogens with zero attached hydrogens (tertiary/aromatic N) is 2. The van der Waals surface area contributed by atoms with Gasteiger partial charge < -0.3 is 4.57 Å². The lowest BCUT2D eigenvalue weighted by atomic mass is 10.1. The van der Waals surface area contributed by atoms with Crippen LogP contribution in [0.3, 0.4) is 0 Å². The van der Waals surface area contributed by atoms with Crippen LogP contribution in [0.15, 0.2) is 66.7 Å². The minimum Gasteiger partial charge on any atom is -0.323 e. The Morgan fingerprint density at radius 3 is 2.50 bits per heavy atom. The van der Waals surface area contributed by atoms with E-state index in [0.29, 0.717) is 0 Å². The van der Waals surface area contributed by atoms with Gasteiger partial charge in [-0.05, 0) is 34.5 Å². The average Bonchev–Trinajstić information content (AvgIpc) is 2.93. The Balaban J connectivity index is 1.81. The molecule has 0 amide bonds. The maximum atomic E-state index is 4.75. The van der Waals surface area contributed by atoms with Crippen molar-refractivity contribution in [3.8, 4) is 0 Å². The number of hydrogen-bond acceptors (Lipinski definition) is 1. The summed E-state index contributed by atoms with van der Waals surface area (Å²) in [5, 5.41) is 2.58. The van der Waals surface area contributed by atoms with Gasteiger partial charge in [0.15, 0.2) is 0 Å². The minimum atomic E-state index is 0.870. The van der Waals surface area contributed by atoms with Gasteiger partial charge in [-0.25, -0.2) is 4.98 Å². The van der Waals surface area contributed by atoms with Crippen molar-refractivity contribution in [2.24, 2.45) is 0 Å². The van der Waals surface area contributed by atoms with E-state index >= 15 is 0 Å². The van der Waals surface area contributed by atoms with Crippen molar-refractivity contribution < 1.29 is 0 Å². The van der Waals surface area contributed by atoms with E-state index in [1.165, 1.54) is 21.9 Å². The van der Waals surface area contributed by atoms with Crippen LogP contribution in [0, 0.1) is 0 Å². The molecular formula is C20H18N2. The molecule has 1 aromatic heterocycles. The summed E-state index contributed by atoms with van der Waals surface area (Å²) in [5.41, 5.74) is 3.62. The molecule has 4 rings (SSSR count). The van der Waals surface area contributed by atoms with Crippen molar-refractivity contribution in [2.75, 3.05) is 0 Å². The van der Waals surface area contributed by atoms with Crippen LogP contribution >= 0.6 is 0 Å². The lowest BCUT2D eigenvalue weighted by Gasteiger charge is -2.09. The highest BCUT2D eigenvalue weighted by molar-refractivity contribution is 5.83. The predicted molar refractivity (Wildman–Crippen MR) is 92.2 cm³/mol. The smallest absolute Gasteiger partial charge is 0.109 e. The molecule has 0 bridgehead atoms. The molecule has 108 valence electrons. The molecule has 1 heterocycles. The molecule has 3 aromatic carbocycles. The first-order valence-corrected chi connectivity index (χ1v) is 7.77. The molecule has 4 aromatic rings. The zero-order chi connectivity index (χ0) is 14.9. The van der Waals surface area contributed by atoms with Gasteiger partial charge in [0, 0.05) is 13.0 Å². The fraction of sp³-hybridized carbons (Fsp3) is 0.150. The Hall–Kier alpha value is -2.61. The van der Waals surface area contributed by atoms with Gasteiger partial charge in [0.1, 0.15) is 5.82 Å². The second kappa shape index (κ2) is 5.30. The highest BCUT2D eigenvalue weighted by Crippen LogP contribution is 2.21. The number of hydrogen-bond donors (Lipinski definition) is 0. The Kier molecular flexibility index (Phi) is 3.15. The molecule has 0 saturated heterocycles. The van der Waals surface area contributed by atoms with E-state index in [-0.39, 0.29) is 0 Å². The molecule has 0 fully saturated rings. The summed E-state index contributed by atoms with van der Waals surface area (Å²) in [4.78, 5) is 4.75. The van der Waals surface area contributed by atoms with Gasteiger partial charge in [0.25, 0.3) is 0 Å². The van der Waals surface area contributed by atoms with Crippen LogP contribution < -0.4 is 0 Å². The normalized spacial score (nSPS) is 11.3. The third-order valence-electron chi connectivity index (χ3n) is 4.20. The number of aromatic nitrogens is 2. The molecule has 0 aliphatic carbocycles. The van der Waals surface area contributed by atoms with Crippen LogP contribution in [0.4, 0.5) is 0 Å². The fourth-order valence-electron chi connectivity index (χ4n) is 3.09. The van der Waals surface area contributed by atoms with Gasteiger partial charge in [0.2, 0.25) is 0 Å². The Bertz CT molecular complexity index is 950. The summed E-state index contributed by atoms with van der Waals surface area (Å²) in [6.07, 6.45) is 0.947. The monoisotopic (exact) mass is 286 g/mol. The van der Waals surface area contributed by atoms with E-state index in [9.17, 15) is 0 Å². The molecule has 0 aliphatic rings. The fourth-order valence-corrected chi connectivity index (χ4v) is 3.09. The maximum absolute atomic E-state index is 4.75. The molecule has 0 radical (unpaired) electrons. The van der Waals surface area contributed by atoms with Crippen LogP contribution in [0.5, 0.6) is 0 Å². The number of imidazole rings is 1. The first-order valence-electron chi connectivity index (χ1n) is 7.77. The standard InChI is InChI=1S/C20H18N2/c1-2-20-21-18-9-5-6-10-19(18)22(20)14-15-11-12-16-7-3-4-8-17(16)13-15/h3-13H,2,14H2,1H3. The second-order valence-electron chi connectivity index (χ2n) is 5.64. The van der Waals surface area contributed by atoms with Crippen LogP contribution in [-0.4, -0.2) is 9.55 Å². The lowest BCUT2D eigenvalue weighted by molar-refractivity contribution is 0.754. The van der Waals surface area contributed by atoms with E-state index in [1.807, 2.05) is 0 Å². The molecule has 2 nitrogen and oxygen atoms in total. The van der Waals surface area contributed by atoms with Gasteiger partial charge in [-0.15, -0.1) is 0 Å². The molecular weight excluding hydrogens is 268 g/mol. The average molecular weight is 286 g/mol. The summed E-state index contributed by atoms with van der Waals surface area (Å²) in [6, 6.07) is 23.6. The molecule has 0 atom stereocenters. The zero-order valence-electron chi connectivity index (χ0n) is 12.7.